The van der Waals surface area contributed by atoms with Crippen molar-refractivity contribution in [1.82, 2.24) is 20.1 Å². The second-order valence-electron chi connectivity index (χ2n) is 8.18. The Balaban J connectivity index is 1.53. The number of benzene rings is 3. The molecular formula is C26H22Cl3N5O2S. The molecule has 0 atom stereocenters. The lowest BCUT2D eigenvalue weighted by Crippen LogP contribution is -2.25. The molecule has 11 heteroatoms. The lowest BCUT2D eigenvalue weighted by molar-refractivity contribution is -0.113. The standard InChI is InChI=1S/C26H22Cl3N5O2S/c1-15-6-7-16(2)22(10-15)31-24(35)14-37-26-33-32-23(34(26)19-5-3-4-17(27)11-19)13-30-25(36)20-12-18(28)8-9-21(20)29/h3-12H,13-14H2,1-2H3,(H,30,36)(H,31,35). The number of amides is 2. The highest BCUT2D eigenvalue weighted by Crippen LogP contribution is 2.25. The normalized spacial score (nSPS) is 10.8. The highest BCUT2D eigenvalue weighted by atomic mass is 35.5. The number of carbonyl (C=O) groups excluding carboxylic acids is 2. The van der Waals surface area contributed by atoms with Crippen molar-refractivity contribution in [3.05, 3.63) is 98.2 Å². The predicted octanol–water partition coefficient (Wildman–Crippen LogP) is 6.51. The van der Waals surface area contributed by atoms with E-state index in [4.69, 9.17) is 34.8 Å². The van der Waals surface area contributed by atoms with Crippen molar-refractivity contribution in [3.63, 3.8) is 0 Å². The molecule has 0 fully saturated rings. The Labute approximate surface area is 233 Å². The van der Waals surface area contributed by atoms with Crippen LogP contribution < -0.4 is 10.6 Å². The number of nitrogens with zero attached hydrogens (tertiary/aromatic N) is 3. The van der Waals surface area contributed by atoms with Crippen molar-refractivity contribution >= 4 is 64.1 Å². The fourth-order valence-corrected chi connectivity index (χ4v) is 4.83. The van der Waals surface area contributed by atoms with Crippen LogP contribution in [0.3, 0.4) is 0 Å². The predicted molar refractivity (Wildman–Crippen MR) is 149 cm³/mol. The number of hydrogen-bond acceptors (Lipinski definition) is 5. The van der Waals surface area contributed by atoms with Gasteiger partial charge in [-0.05, 0) is 67.4 Å². The molecule has 7 nitrogen and oxygen atoms in total. The van der Waals surface area contributed by atoms with Crippen LogP contribution in [0.2, 0.25) is 15.1 Å². The van der Waals surface area contributed by atoms with Crippen molar-refractivity contribution in [2.45, 2.75) is 25.5 Å². The number of carbonyl (C=O) groups is 2. The summed E-state index contributed by atoms with van der Waals surface area (Å²) in [6, 6.07) is 17.7. The number of halogens is 3. The van der Waals surface area contributed by atoms with Gasteiger partial charge in [0, 0.05) is 15.7 Å². The van der Waals surface area contributed by atoms with E-state index in [1.54, 1.807) is 34.9 Å². The summed E-state index contributed by atoms with van der Waals surface area (Å²) in [5.74, 6) is -0.0254. The topological polar surface area (TPSA) is 88.9 Å². The summed E-state index contributed by atoms with van der Waals surface area (Å²) in [5, 5.41) is 16.0. The summed E-state index contributed by atoms with van der Waals surface area (Å²) >= 11 is 19.6. The van der Waals surface area contributed by atoms with Crippen LogP contribution in [0.15, 0.2) is 65.8 Å². The van der Waals surface area contributed by atoms with Gasteiger partial charge in [0.05, 0.1) is 28.6 Å². The van der Waals surface area contributed by atoms with Crippen molar-refractivity contribution in [2.24, 2.45) is 0 Å². The summed E-state index contributed by atoms with van der Waals surface area (Å²) < 4.78 is 1.75. The number of aromatic nitrogens is 3. The first-order valence-electron chi connectivity index (χ1n) is 11.1. The lowest BCUT2D eigenvalue weighted by atomic mass is 10.1. The van der Waals surface area contributed by atoms with Gasteiger partial charge >= 0.3 is 0 Å². The molecule has 0 saturated carbocycles. The fraction of sp³-hybridized carbons (Fsp3) is 0.154. The van der Waals surface area contributed by atoms with E-state index in [0.717, 1.165) is 16.8 Å². The van der Waals surface area contributed by atoms with Crippen LogP contribution in [0, 0.1) is 13.8 Å². The van der Waals surface area contributed by atoms with Crippen LogP contribution in [0.5, 0.6) is 0 Å². The van der Waals surface area contributed by atoms with E-state index in [1.165, 1.54) is 17.8 Å². The highest BCUT2D eigenvalue weighted by Gasteiger charge is 2.18. The van der Waals surface area contributed by atoms with Crippen molar-refractivity contribution in [3.8, 4) is 5.69 Å². The molecule has 0 bridgehead atoms. The van der Waals surface area contributed by atoms with Gasteiger partial charge in [0.25, 0.3) is 5.91 Å². The maximum Gasteiger partial charge on any atom is 0.253 e. The average molecular weight is 575 g/mol. The molecular weight excluding hydrogens is 553 g/mol. The molecule has 190 valence electrons. The minimum absolute atomic E-state index is 0.0520. The first-order chi connectivity index (χ1) is 17.7. The molecule has 0 spiro atoms. The Hall–Kier alpha value is -3.04. The molecule has 0 radical (unpaired) electrons. The minimum Gasteiger partial charge on any atom is -0.345 e. The fourth-order valence-electron chi connectivity index (χ4n) is 3.50. The molecule has 1 heterocycles. The number of aryl methyl sites for hydroxylation is 2. The van der Waals surface area contributed by atoms with E-state index in [1.807, 2.05) is 38.1 Å². The number of thioether (sulfide) groups is 1. The number of rotatable bonds is 8. The first kappa shape index (κ1) is 27.0. The van der Waals surface area contributed by atoms with Gasteiger partial charge in [0.1, 0.15) is 0 Å². The van der Waals surface area contributed by atoms with Gasteiger partial charge in [0.15, 0.2) is 11.0 Å². The quantitative estimate of drug-likeness (QED) is 0.234. The summed E-state index contributed by atoms with van der Waals surface area (Å²) in [6.07, 6.45) is 0. The Kier molecular flexibility index (Phi) is 8.76. The van der Waals surface area contributed by atoms with Crippen LogP contribution in [-0.4, -0.2) is 32.3 Å². The van der Waals surface area contributed by atoms with E-state index in [-0.39, 0.29) is 28.8 Å². The Morgan fingerprint density at radius 3 is 2.51 bits per heavy atom. The Bertz CT molecular complexity index is 1470. The third-order valence-corrected chi connectivity index (χ3v) is 7.08. The monoisotopic (exact) mass is 573 g/mol. The van der Waals surface area contributed by atoms with Crippen LogP contribution in [0.1, 0.15) is 27.3 Å². The smallest absolute Gasteiger partial charge is 0.253 e. The van der Waals surface area contributed by atoms with Crippen molar-refractivity contribution in [1.29, 1.82) is 0 Å². The number of hydrogen-bond donors (Lipinski definition) is 2. The summed E-state index contributed by atoms with van der Waals surface area (Å²) in [6.45, 7) is 3.96. The Morgan fingerprint density at radius 1 is 0.946 bits per heavy atom. The van der Waals surface area contributed by atoms with Crippen LogP contribution in [-0.2, 0) is 11.3 Å². The largest absolute Gasteiger partial charge is 0.345 e. The molecule has 0 aliphatic heterocycles. The van der Waals surface area contributed by atoms with Crippen LogP contribution in [0.4, 0.5) is 5.69 Å². The van der Waals surface area contributed by atoms with Crippen LogP contribution in [0.25, 0.3) is 5.69 Å². The zero-order valence-corrected chi connectivity index (χ0v) is 23.0. The van der Waals surface area contributed by atoms with E-state index >= 15 is 0 Å². The third-order valence-electron chi connectivity index (χ3n) is 5.35. The van der Waals surface area contributed by atoms with Crippen LogP contribution >= 0.6 is 46.6 Å². The molecule has 0 aliphatic carbocycles. The lowest BCUT2D eigenvalue weighted by Gasteiger charge is -2.12. The highest BCUT2D eigenvalue weighted by molar-refractivity contribution is 7.99. The molecule has 3 aromatic carbocycles. The maximum absolute atomic E-state index is 12.7. The molecule has 37 heavy (non-hydrogen) atoms. The molecule has 1 aromatic heterocycles. The molecule has 0 unspecified atom stereocenters. The molecule has 2 N–H and O–H groups in total. The van der Waals surface area contributed by atoms with Gasteiger partial charge < -0.3 is 10.6 Å². The zero-order chi connectivity index (χ0) is 26.5. The molecule has 0 aliphatic rings. The molecule has 0 saturated heterocycles. The van der Waals surface area contributed by atoms with E-state index in [9.17, 15) is 9.59 Å². The minimum atomic E-state index is -0.407. The number of anilines is 1. The molecule has 2 amide bonds. The van der Waals surface area contributed by atoms with Crippen molar-refractivity contribution < 1.29 is 9.59 Å². The first-order valence-corrected chi connectivity index (χ1v) is 13.3. The average Bonchev–Trinajstić information content (AvgIpc) is 3.28. The third kappa shape index (κ3) is 6.84. The second kappa shape index (κ2) is 12.0. The zero-order valence-electron chi connectivity index (χ0n) is 19.9. The van der Waals surface area contributed by atoms with E-state index in [0.29, 0.717) is 26.7 Å². The number of nitrogens with one attached hydrogen (secondary N) is 2. The van der Waals surface area contributed by atoms with E-state index < -0.39 is 5.91 Å². The van der Waals surface area contributed by atoms with Gasteiger partial charge in [-0.25, -0.2) is 0 Å². The van der Waals surface area contributed by atoms with Gasteiger partial charge in [-0.3, -0.25) is 14.2 Å². The van der Waals surface area contributed by atoms with Crippen molar-refractivity contribution in [2.75, 3.05) is 11.1 Å². The molecule has 4 aromatic rings. The molecule has 4 rings (SSSR count). The van der Waals surface area contributed by atoms with Gasteiger partial charge in [0.2, 0.25) is 5.91 Å². The van der Waals surface area contributed by atoms with Gasteiger partial charge in [-0.15, -0.1) is 10.2 Å². The summed E-state index contributed by atoms with van der Waals surface area (Å²) in [4.78, 5) is 25.4. The SMILES string of the molecule is Cc1ccc(C)c(NC(=O)CSc2nnc(CNC(=O)c3cc(Cl)ccc3Cl)n2-c2cccc(Cl)c2)c1. The van der Waals surface area contributed by atoms with Gasteiger partial charge in [-0.2, -0.15) is 0 Å². The summed E-state index contributed by atoms with van der Waals surface area (Å²) in [7, 11) is 0. The second-order valence-corrected chi connectivity index (χ2v) is 10.4. The maximum atomic E-state index is 12.7. The summed E-state index contributed by atoms with van der Waals surface area (Å²) in [5.41, 5.74) is 3.74. The van der Waals surface area contributed by atoms with Gasteiger partial charge in [-0.1, -0.05) is 64.8 Å². The van der Waals surface area contributed by atoms with E-state index in [2.05, 4.69) is 20.8 Å². The Morgan fingerprint density at radius 2 is 1.73 bits per heavy atom.